The maximum absolute atomic E-state index is 11.7. The van der Waals surface area contributed by atoms with E-state index in [2.05, 4.69) is 0 Å². The first-order chi connectivity index (χ1) is 6.78. The first-order valence-corrected chi connectivity index (χ1v) is 4.68. The summed E-state index contributed by atoms with van der Waals surface area (Å²) in [5.74, 6) is -1.76. The lowest BCUT2D eigenvalue weighted by molar-refractivity contribution is -0.151. The Hall–Kier alpha value is -1.49. The summed E-state index contributed by atoms with van der Waals surface area (Å²) in [6, 6.07) is 0. The standard InChI is InChI=1S/C10H14N2O3/c1-6(2)9(15)10(3,11)12-7(13)4-5-8(12)14/h4-6H,11H2,1-3H3. The molecule has 0 saturated heterocycles. The summed E-state index contributed by atoms with van der Waals surface area (Å²) in [7, 11) is 0. The third-order valence-corrected chi connectivity index (χ3v) is 2.30. The van der Waals surface area contributed by atoms with Gasteiger partial charge in [0.1, 0.15) is 0 Å². The zero-order valence-corrected chi connectivity index (χ0v) is 8.98. The molecule has 5 nitrogen and oxygen atoms in total. The molecule has 0 aromatic rings. The van der Waals surface area contributed by atoms with Gasteiger partial charge in [-0.05, 0) is 6.92 Å². The van der Waals surface area contributed by atoms with Gasteiger partial charge in [-0.2, -0.15) is 0 Å². The number of amides is 2. The van der Waals surface area contributed by atoms with E-state index in [1.165, 1.54) is 6.92 Å². The zero-order valence-electron chi connectivity index (χ0n) is 8.98. The van der Waals surface area contributed by atoms with Crippen molar-refractivity contribution in [2.24, 2.45) is 11.7 Å². The van der Waals surface area contributed by atoms with Crippen molar-refractivity contribution in [1.82, 2.24) is 4.90 Å². The van der Waals surface area contributed by atoms with Crippen LogP contribution in [0, 0.1) is 5.92 Å². The second-order valence-corrected chi connectivity index (χ2v) is 4.01. The minimum absolute atomic E-state index is 0.332. The monoisotopic (exact) mass is 210 g/mol. The number of hydrogen-bond acceptors (Lipinski definition) is 4. The van der Waals surface area contributed by atoms with Gasteiger partial charge in [0.25, 0.3) is 11.8 Å². The lowest BCUT2D eigenvalue weighted by atomic mass is 9.96. The van der Waals surface area contributed by atoms with Crippen LogP contribution in [0.25, 0.3) is 0 Å². The van der Waals surface area contributed by atoms with E-state index in [-0.39, 0.29) is 11.7 Å². The molecule has 0 aliphatic carbocycles. The summed E-state index contributed by atoms with van der Waals surface area (Å²) in [5, 5.41) is 0. The normalized spacial score (nSPS) is 19.9. The highest BCUT2D eigenvalue weighted by Gasteiger charge is 2.43. The third kappa shape index (κ3) is 1.83. The molecule has 0 aromatic carbocycles. The van der Waals surface area contributed by atoms with Crippen LogP contribution in [0.1, 0.15) is 20.8 Å². The molecule has 1 unspecified atom stereocenters. The van der Waals surface area contributed by atoms with Gasteiger partial charge >= 0.3 is 0 Å². The topological polar surface area (TPSA) is 80.5 Å². The molecule has 1 aliphatic rings. The fourth-order valence-electron chi connectivity index (χ4n) is 1.55. The summed E-state index contributed by atoms with van der Waals surface area (Å²) in [6.07, 6.45) is 2.22. The van der Waals surface area contributed by atoms with Gasteiger partial charge in [0, 0.05) is 18.1 Å². The highest BCUT2D eigenvalue weighted by Crippen LogP contribution is 2.19. The van der Waals surface area contributed by atoms with E-state index < -0.39 is 17.5 Å². The molecule has 0 spiro atoms. The molecule has 5 heteroatoms. The molecule has 0 bridgehead atoms. The van der Waals surface area contributed by atoms with Crippen LogP contribution in [0.5, 0.6) is 0 Å². The summed E-state index contributed by atoms with van der Waals surface area (Å²) in [6.45, 7) is 4.72. The summed E-state index contributed by atoms with van der Waals surface area (Å²) in [4.78, 5) is 35.2. The van der Waals surface area contributed by atoms with Crippen molar-refractivity contribution in [2.45, 2.75) is 26.4 Å². The van der Waals surface area contributed by atoms with E-state index in [4.69, 9.17) is 5.73 Å². The van der Waals surface area contributed by atoms with Crippen molar-refractivity contribution in [3.63, 3.8) is 0 Å². The number of carbonyl (C=O) groups is 3. The first-order valence-electron chi connectivity index (χ1n) is 4.68. The Bertz CT molecular complexity index is 338. The van der Waals surface area contributed by atoms with E-state index >= 15 is 0 Å². The SMILES string of the molecule is CC(C)C(=O)C(C)(N)N1C(=O)C=CC1=O. The molecule has 15 heavy (non-hydrogen) atoms. The number of imide groups is 1. The van der Waals surface area contributed by atoms with E-state index in [9.17, 15) is 14.4 Å². The van der Waals surface area contributed by atoms with Crippen LogP contribution in [-0.2, 0) is 14.4 Å². The van der Waals surface area contributed by atoms with E-state index in [0.29, 0.717) is 0 Å². The average molecular weight is 210 g/mol. The predicted molar refractivity (Wildman–Crippen MR) is 53.4 cm³/mol. The predicted octanol–water partition coefficient (Wildman–Crippen LogP) is -0.189. The number of ketones is 1. The Labute approximate surface area is 87.9 Å². The number of hydrogen-bond donors (Lipinski definition) is 1. The first kappa shape index (κ1) is 11.6. The molecule has 0 aromatic heterocycles. The van der Waals surface area contributed by atoms with Crippen molar-refractivity contribution in [3.8, 4) is 0 Å². The fourth-order valence-corrected chi connectivity index (χ4v) is 1.55. The van der Waals surface area contributed by atoms with Gasteiger partial charge in [-0.1, -0.05) is 13.8 Å². The van der Waals surface area contributed by atoms with Crippen LogP contribution in [0.2, 0.25) is 0 Å². The molecule has 0 saturated carbocycles. The molecule has 1 heterocycles. The highest BCUT2D eigenvalue weighted by molar-refractivity contribution is 6.16. The van der Waals surface area contributed by atoms with E-state index in [0.717, 1.165) is 17.1 Å². The van der Waals surface area contributed by atoms with Gasteiger partial charge < -0.3 is 5.73 Å². The molecular formula is C10H14N2O3. The van der Waals surface area contributed by atoms with Crippen LogP contribution in [0.3, 0.4) is 0 Å². The second kappa shape index (κ2) is 3.58. The number of Topliss-reactive ketones (excluding diaryl/α,β-unsaturated/α-hetero) is 1. The molecule has 1 aliphatic heterocycles. The number of rotatable bonds is 3. The van der Waals surface area contributed by atoms with Crippen molar-refractivity contribution in [3.05, 3.63) is 12.2 Å². The Kier molecular flexibility index (Phi) is 2.77. The highest BCUT2D eigenvalue weighted by atomic mass is 16.2. The number of nitrogens with two attached hydrogens (primary N) is 1. The second-order valence-electron chi connectivity index (χ2n) is 4.01. The van der Waals surface area contributed by atoms with Crippen LogP contribution < -0.4 is 5.73 Å². The number of nitrogens with zero attached hydrogens (tertiary/aromatic N) is 1. The van der Waals surface area contributed by atoms with Gasteiger partial charge in [0.05, 0.1) is 0 Å². The summed E-state index contributed by atoms with van der Waals surface area (Å²) < 4.78 is 0. The molecule has 2 amide bonds. The molecule has 0 fully saturated rings. The van der Waals surface area contributed by atoms with Gasteiger partial charge in [-0.25, -0.2) is 4.90 Å². The molecule has 0 radical (unpaired) electrons. The van der Waals surface area contributed by atoms with Crippen molar-refractivity contribution in [2.75, 3.05) is 0 Å². The quantitative estimate of drug-likeness (QED) is 0.655. The molecule has 1 rings (SSSR count). The maximum Gasteiger partial charge on any atom is 0.255 e. The molecular weight excluding hydrogens is 196 g/mol. The summed E-state index contributed by atoms with van der Waals surface area (Å²) >= 11 is 0. The van der Waals surface area contributed by atoms with Crippen molar-refractivity contribution >= 4 is 17.6 Å². The van der Waals surface area contributed by atoms with Crippen LogP contribution in [0.15, 0.2) is 12.2 Å². The van der Waals surface area contributed by atoms with Crippen LogP contribution >= 0.6 is 0 Å². The Morgan fingerprint density at radius 3 is 2.07 bits per heavy atom. The Balaban J connectivity index is 3.01. The van der Waals surface area contributed by atoms with Gasteiger partial charge in [0.2, 0.25) is 0 Å². The lowest BCUT2D eigenvalue weighted by Crippen LogP contribution is -2.62. The minimum atomic E-state index is -1.56. The minimum Gasteiger partial charge on any atom is -0.302 e. The van der Waals surface area contributed by atoms with E-state index in [1.807, 2.05) is 0 Å². The largest absolute Gasteiger partial charge is 0.302 e. The van der Waals surface area contributed by atoms with Crippen molar-refractivity contribution in [1.29, 1.82) is 0 Å². The van der Waals surface area contributed by atoms with Gasteiger partial charge in [-0.15, -0.1) is 0 Å². The van der Waals surface area contributed by atoms with Gasteiger partial charge in [0.15, 0.2) is 11.4 Å². The van der Waals surface area contributed by atoms with Gasteiger partial charge in [-0.3, -0.25) is 14.4 Å². The van der Waals surface area contributed by atoms with E-state index in [1.54, 1.807) is 13.8 Å². The maximum atomic E-state index is 11.7. The fraction of sp³-hybridized carbons (Fsp3) is 0.500. The number of carbonyl (C=O) groups excluding carboxylic acids is 3. The lowest BCUT2D eigenvalue weighted by Gasteiger charge is -2.33. The molecule has 1 atom stereocenters. The molecule has 82 valence electrons. The van der Waals surface area contributed by atoms with Crippen LogP contribution in [-0.4, -0.2) is 28.2 Å². The van der Waals surface area contributed by atoms with Crippen LogP contribution in [0.4, 0.5) is 0 Å². The summed E-state index contributed by atoms with van der Waals surface area (Å²) in [5.41, 5.74) is 4.18. The Morgan fingerprint density at radius 1 is 1.33 bits per heavy atom. The molecule has 2 N–H and O–H groups in total. The zero-order chi connectivity index (χ0) is 11.8. The Morgan fingerprint density at radius 2 is 1.73 bits per heavy atom. The van der Waals surface area contributed by atoms with Crippen molar-refractivity contribution < 1.29 is 14.4 Å². The average Bonchev–Trinajstić information content (AvgIpc) is 2.44. The third-order valence-electron chi connectivity index (χ3n) is 2.30. The smallest absolute Gasteiger partial charge is 0.255 e.